The summed E-state index contributed by atoms with van der Waals surface area (Å²) in [7, 11) is 0. The number of benzene rings is 1. The van der Waals surface area contributed by atoms with E-state index in [0.29, 0.717) is 51.5 Å². The predicted molar refractivity (Wildman–Crippen MR) is 102 cm³/mol. The maximum atomic E-state index is 12.9. The third kappa shape index (κ3) is 3.23. The number of thiophene rings is 1. The Morgan fingerprint density at radius 1 is 1.00 bits per heavy atom. The van der Waals surface area contributed by atoms with Gasteiger partial charge in [-0.05, 0) is 25.0 Å². The summed E-state index contributed by atoms with van der Waals surface area (Å²) in [5.41, 5.74) is 0. The van der Waals surface area contributed by atoms with Crippen LogP contribution in [0.4, 0.5) is 0 Å². The van der Waals surface area contributed by atoms with Gasteiger partial charge >= 0.3 is 0 Å². The van der Waals surface area contributed by atoms with Gasteiger partial charge in [0.25, 0.3) is 5.91 Å². The van der Waals surface area contributed by atoms with Crippen molar-refractivity contribution in [2.45, 2.75) is 12.8 Å². The molecule has 0 spiro atoms. The summed E-state index contributed by atoms with van der Waals surface area (Å²) in [6.07, 6.45) is 2.00. The quantitative estimate of drug-likeness (QED) is 0.719. The SMILES string of the molecule is O=C(c1sc2cc(Cl)cc(Cl)c2c1Cl)N1CCN(C(=O)C2CC2)CC1. The molecule has 2 aromatic rings. The van der Waals surface area contributed by atoms with Gasteiger partial charge in [0, 0.05) is 47.2 Å². The molecule has 1 aromatic heterocycles. The van der Waals surface area contributed by atoms with Crippen LogP contribution in [0.15, 0.2) is 12.1 Å². The first kappa shape index (κ1) is 17.4. The second-order valence-corrected chi connectivity index (χ2v) is 8.67. The van der Waals surface area contributed by atoms with Crippen molar-refractivity contribution in [2.75, 3.05) is 26.2 Å². The molecule has 0 bridgehead atoms. The molecule has 132 valence electrons. The molecule has 1 saturated heterocycles. The van der Waals surface area contributed by atoms with Crippen LogP contribution in [-0.4, -0.2) is 47.8 Å². The molecule has 8 heteroatoms. The zero-order valence-electron chi connectivity index (χ0n) is 13.2. The molecule has 0 N–H and O–H groups in total. The van der Waals surface area contributed by atoms with E-state index in [1.54, 1.807) is 17.0 Å². The number of hydrogen-bond acceptors (Lipinski definition) is 3. The molecule has 0 atom stereocenters. The van der Waals surface area contributed by atoms with Gasteiger partial charge in [0.15, 0.2) is 0 Å². The highest BCUT2D eigenvalue weighted by Gasteiger charge is 2.35. The minimum atomic E-state index is -0.114. The smallest absolute Gasteiger partial charge is 0.265 e. The molecule has 1 saturated carbocycles. The minimum absolute atomic E-state index is 0.114. The Balaban J connectivity index is 1.53. The van der Waals surface area contributed by atoms with E-state index in [-0.39, 0.29) is 17.7 Å². The Kier molecular flexibility index (Phi) is 4.61. The number of nitrogens with zero attached hydrogens (tertiary/aromatic N) is 2. The lowest BCUT2D eigenvalue weighted by Gasteiger charge is -2.34. The minimum Gasteiger partial charge on any atom is -0.339 e. The molecular weight excluding hydrogens is 403 g/mol. The number of hydrogen-bond donors (Lipinski definition) is 0. The van der Waals surface area contributed by atoms with Gasteiger partial charge in [0.05, 0.1) is 10.0 Å². The average Bonchev–Trinajstić information content (AvgIpc) is 3.38. The van der Waals surface area contributed by atoms with Gasteiger partial charge in [-0.1, -0.05) is 34.8 Å². The molecule has 1 aromatic carbocycles. The van der Waals surface area contributed by atoms with E-state index in [1.165, 1.54) is 11.3 Å². The number of amides is 2. The van der Waals surface area contributed by atoms with Gasteiger partial charge in [-0.25, -0.2) is 0 Å². The van der Waals surface area contributed by atoms with E-state index in [0.717, 1.165) is 17.5 Å². The van der Waals surface area contributed by atoms with Gasteiger partial charge in [-0.3, -0.25) is 9.59 Å². The first-order valence-corrected chi connectivity index (χ1v) is 10.1. The van der Waals surface area contributed by atoms with Crippen LogP contribution < -0.4 is 0 Å². The Morgan fingerprint density at radius 2 is 1.64 bits per heavy atom. The first-order chi connectivity index (χ1) is 12.0. The molecule has 2 fully saturated rings. The lowest BCUT2D eigenvalue weighted by Crippen LogP contribution is -2.50. The molecule has 2 heterocycles. The Morgan fingerprint density at radius 3 is 2.28 bits per heavy atom. The average molecular weight is 418 g/mol. The van der Waals surface area contributed by atoms with Crippen molar-refractivity contribution in [1.82, 2.24) is 9.80 Å². The van der Waals surface area contributed by atoms with E-state index in [9.17, 15) is 9.59 Å². The Labute approximate surface area is 164 Å². The van der Waals surface area contributed by atoms with E-state index >= 15 is 0 Å². The molecule has 0 radical (unpaired) electrons. The van der Waals surface area contributed by atoms with Crippen molar-refractivity contribution in [3.63, 3.8) is 0 Å². The lowest BCUT2D eigenvalue weighted by molar-refractivity contribution is -0.134. The maximum Gasteiger partial charge on any atom is 0.265 e. The van der Waals surface area contributed by atoms with Crippen LogP contribution >= 0.6 is 46.1 Å². The van der Waals surface area contributed by atoms with E-state index < -0.39 is 0 Å². The van der Waals surface area contributed by atoms with Crippen molar-refractivity contribution >= 4 is 68.0 Å². The standard InChI is InChI=1S/C17H15Cl3N2O2S/c18-10-7-11(19)13-12(8-10)25-15(14(13)20)17(24)22-5-3-21(4-6-22)16(23)9-1-2-9/h7-9H,1-6H2. The highest BCUT2D eigenvalue weighted by Crippen LogP contribution is 2.41. The van der Waals surface area contributed by atoms with Crippen molar-refractivity contribution in [3.8, 4) is 0 Å². The van der Waals surface area contributed by atoms with Gasteiger partial charge in [-0.15, -0.1) is 11.3 Å². The molecule has 4 nitrogen and oxygen atoms in total. The molecular formula is C17H15Cl3N2O2S. The number of piperazine rings is 1. The number of carbonyl (C=O) groups excluding carboxylic acids is 2. The number of halogens is 3. The van der Waals surface area contributed by atoms with Gasteiger partial charge in [0.1, 0.15) is 4.88 Å². The third-order valence-corrected chi connectivity index (χ3v) is 6.78. The second kappa shape index (κ2) is 6.62. The Bertz CT molecular complexity index is 870. The summed E-state index contributed by atoms with van der Waals surface area (Å²) in [4.78, 5) is 29.1. The van der Waals surface area contributed by atoms with Gasteiger partial charge in [-0.2, -0.15) is 0 Å². The molecule has 25 heavy (non-hydrogen) atoms. The van der Waals surface area contributed by atoms with Gasteiger partial charge < -0.3 is 9.80 Å². The highest BCUT2D eigenvalue weighted by atomic mass is 35.5. The summed E-state index contributed by atoms with van der Waals surface area (Å²) in [6, 6.07) is 3.39. The predicted octanol–water partition coefficient (Wildman–Crippen LogP) is 4.56. The van der Waals surface area contributed by atoms with Crippen LogP contribution in [0.2, 0.25) is 15.1 Å². The fraction of sp³-hybridized carbons (Fsp3) is 0.412. The fourth-order valence-electron chi connectivity index (χ4n) is 3.11. The summed E-state index contributed by atoms with van der Waals surface area (Å²) in [5, 5.41) is 2.01. The van der Waals surface area contributed by atoms with E-state index in [1.807, 2.05) is 4.90 Å². The summed E-state index contributed by atoms with van der Waals surface area (Å²) in [6.45, 7) is 2.21. The monoisotopic (exact) mass is 416 g/mol. The molecule has 4 rings (SSSR count). The highest BCUT2D eigenvalue weighted by molar-refractivity contribution is 7.21. The van der Waals surface area contributed by atoms with E-state index in [2.05, 4.69) is 0 Å². The topological polar surface area (TPSA) is 40.6 Å². The van der Waals surface area contributed by atoms with Crippen LogP contribution in [0.25, 0.3) is 10.1 Å². The van der Waals surface area contributed by atoms with Crippen LogP contribution in [0.3, 0.4) is 0 Å². The normalized spacial score (nSPS) is 18.0. The lowest BCUT2D eigenvalue weighted by atomic mass is 10.2. The van der Waals surface area contributed by atoms with Crippen molar-refractivity contribution < 1.29 is 9.59 Å². The van der Waals surface area contributed by atoms with Crippen molar-refractivity contribution in [2.24, 2.45) is 5.92 Å². The fourth-order valence-corrected chi connectivity index (χ4v) is 5.45. The van der Waals surface area contributed by atoms with Crippen molar-refractivity contribution in [3.05, 3.63) is 32.1 Å². The number of carbonyl (C=O) groups is 2. The molecule has 1 aliphatic heterocycles. The number of fused-ring (bicyclic) bond motifs is 1. The first-order valence-electron chi connectivity index (χ1n) is 8.11. The second-order valence-electron chi connectivity index (χ2n) is 6.40. The van der Waals surface area contributed by atoms with Crippen LogP contribution in [0.1, 0.15) is 22.5 Å². The zero-order chi connectivity index (χ0) is 17.7. The maximum absolute atomic E-state index is 12.9. The molecule has 2 aliphatic rings. The molecule has 2 amide bonds. The zero-order valence-corrected chi connectivity index (χ0v) is 16.3. The van der Waals surface area contributed by atoms with E-state index in [4.69, 9.17) is 34.8 Å². The van der Waals surface area contributed by atoms with Crippen LogP contribution in [0.5, 0.6) is 0 Å². The summed E-state index contributed by atoms with van der Waals surface area (Å²) in [5.74, 6) is 0.330. The Hall–Kier alpha value is -1.01. The molecule has 0 unspecified atom stereocenters. The van der Waals surface area contributed by atoms with Crippen LogP contribution in [0, 0.1) is 5.92 Å². The van der Waals surface area contributed by atoms with Gasteiger partial charge in [0.2, 0.25) is 5.91 Å². The summed E-state index contributed by atoms with van der Waals surface area (Å²) >= 11 is 20.0. The molecule has 1 aliphatic carbocycles. The van der Waals surface area contributed by atoms with Crippen LogP contribution in [-0.2, 0) is 4.79 Å². The largest absolute Gasteiger partial charge is 0.339 e. The third-order valence-electron chi connectivity index (χ3n) is 4.65. The van der Waals surface area contributed by atoms with Crippen molar-refractivity contribution in [1.29, 1.82) is 0 Å². The number of rotatable bonds is 2. The summed E-state index contributed by atoms with van der Waals surface area (Å²) < 4.78 is 0.799.